The number of hydrogen-bond acceptors (Lipinski definition) is 3. The summed E-state index contributed by atoms with van der Waals surface area (Å²) in [7, 11) is -3.61. The van der Waals surface area contributed by atoms with Crippen molar-refractivity contribution in [2.24, 2.45) is 0 Å². The van der Waals surface area contributed by atoms with Crippen LogP contribution in [0, 0.1) is 0 Å². The van der Waals surface area contributed by atoms with Gasteiger partial charge in [0.2, 0.25) is 0 Å². The molecule has 0 radical (unpaired) electrons. The number of sulfonamides is 1. The molecule has 0 spiro atoms. The van der Waals surface area contributed by atoms with E-state index in [1.54, 1.807) is 23.0 Å². The molecule has 0 bridgehead atoms. The van der Waals surface area contributed by atoms with Gasteiger partial charge in [-0.2, -0.15) is 5.10 Å². The molecule has 0 aliphatic heterocycles. The Balaban J connectivity index is 1.82. The zero-order chi connectivity index (χ0) is 16.3. The fourth-order valence-electron chi connectivity index (χ4n) is 2.22. The van der Waals surface area contributed by atoms with Crippen LogP contribution in [0.5, 0.6) is 0 Å². The molecule has 0 fully saturated rings. The third kappa shape index (κ3) is 3.43. The summed E-state index contributed by atoms with van der Waals surface area (Å²) in [6.45, 7) is 2.03. The molecule has 1 aromatic heterocycles. The van der Waals surface area contributed by atoms with Crippen LogP contribution in [-0.4, -0.2) is 18.2 Å². The summed E-state index contributed by atoms with van der Waals surface area (Å²) >= 11 is 0. The highest BCUT2D eigenvalue weighted by molar-refractivity contribution is 7.92. The highest BCUT2D eigenvalue weighted by Gasteiger charge is 2.15. The van der Waals surface area contributed by atoms with E-state index in [9.17, 15) is 8.42 Å². The van der Waals surface area contributed by atoms with Gasteiger partial charge in [0, 0.05) is 0 Å². The monoisotopic (exact) mass is 327 g/mol. The molecule has 3 rings (SSSR count). The van der Waals surface area contributed by atoms with Crippen LogP contribution in [0.2, 0.25) is 0 Å². The number of rotatable bonds is 5. The van der Waals surface area contributed by atoms with E-state index in [0.717, 1.165) is 17.7 Å². The van der Waals surface area contributed by atoms with Crippen molar-refractivity contribution in [3.8, 4) is 5.69 Å². The quantitative estimate of drug-likeness (QED) is 0.782. The zero-order valence-corrected chi connectivity index (χ0v) is 13.5. The van der Waals surface area contributed by atoms with Crippen molar-refractivity contribution in [3.05, 3.63) is 72.6 Å². The molecule has 0 atom stereocenters. The number of benzene rings is 2. The van der Waals surface area contributed by atoms with Crippen molar-refractivity contribution in [3.63, 3.8) is 0 Å². The van der Waals surface area contributed by atoms with Gasteiger partial charge in [-0.3, -0.25) is 4.72 Å². The highest BCUT2D eigenvalue weighted by atomic mass is 32.2. The Kier molecular flexibility index (Phi) is 4.16. The molecular weight excluding hydrogens is 310 g/mol. The summed E-state index contributed by atoms with van der Waals surface area (Å²) in [4.78, 5) is 0.238. The van der Waals surface area contributed by atoms with Crippen LogP contribution < -0.4 is 4.72 Å². The topological polar surface area (TPSA) is 64.0 Å². The standard InChI is InChI=1S/C17H17N3O2S/c1-2-14-8-10-17(11-9-14)23(21,22)19-15-12-18-20(13-15)16-6-4-3-5-7-16/h3-13,19H,2H2,1H3. The Morgan fingerprint density at radius 2 is 1.74 bits per heavy atom. The molecule has 2 aromatic carbocycles. The summed E-state index contributed by atoms with van der Waals surface area (Å²) in [5.41, 5.74) is 2.39. The van der Waals surface area contributed by atoms with Crippen LogP contribution in [0.4, 0.5) is 5.69 Å². The van der Waals surface area contributed by atoms with E-state index in [1.807, 2.05) is 49.4 Å². The predicted molar refractivity (Wildman–Crippen MR) is 90.2 cm³/mol. The zero-order valence-electron chi connectivity index (χ0n) is 12.7. The van der Waals surface area contributed by atoms with Crippen molar-refractivity contribution < 1.29 is 8.42 Å². The van der Waals surface area contributed by atoms with E-state index >= 15 is 0 Å². The SMILES string of the molecule is CCc1ccc(S(=O)(=O)Nc2cnn(-c3ccccc3)c2)cc1. The molecule has 0 aliphatic carbocycles. The lowest BCUT2D eigenvalue weighted by molar-refractivity contribution is 0.601. The number of anilines is 1. The second kappa shape index (κ2) is 6.26. The van der Waals surface area contributed by atoms with Crippen molar-refractivity contribution >= 4 is 15.7 Å². The summed E-state index contributed by atoms with van der Waals surface area (Å²) in [5.74, 6) is 0. The van der Waals surface area contributed by atoms with E-state index in [1.165, 1.54) is 6.20 Å². The van der Waals surface area contributed by atoms with Gasteiger partial charge in [-0.1, -0.05) is 37.3 Å². The first-order valence-electron chi connectivity index (χ1n) is 7.30. The highest BCUT2D eigenvalue weighted by Crippen LogP contribution is 2.17. The van der Waals surface area contributed by atoms with Crippen molar-refractivity contribution in [1.82, 2.24) is 9.78 Å². The van der Waals surface area contributed by atoms with Gasteiger partial charge in [0.1, 0.15) is 0 Å². The second-order valence-corrected chi connectivity index (χ2v) is 6.79. The fourth-order valence-corrected chi connectivity index (χ4v) is 3.24. The number of nitrogens with one attached hydrogen (secondary N) is 1. The van der Waals surface area contributed by atoms with Gasteiger partial charge >= 0.3 is 0 Å². The molecular formula is C17H17N3O2S. The number of aryl methyl sites for hydroxylation is 1. The summed E-state index contributed by atoms with van der Waals surface area (Å²) in [6, 6.07) is 16.4. The average Bonchev–Trinajstić information content (AvgIpc) is 3.03. The summed E-state index contributed by atoms with van der Waals surface area (Å²) in [6.07, 6.45) is 4.01. The van der Waals surface area contributed by atoms with Gasteiger partial charge in [-0.25, -0.2) is 13.1 Å². The molecule has 0 amide bonds. The summed E-state index contributed by atoms with van der Waals surface area (Å²) in [5, 5.41) is 4.18. The predicted octanol–water partition coefficient (Wildman–Crippen LogP) is 3.24. The molecule has 6 heteroatoms. The lowest BCUT2D eigenvalue weighted by Gasteiger charge is -2.06. The lowest BCUT2D eigenvalue weighted by Crippen LogP contribution is -2.12. The molecule has 1 N–H and O–H groups in total. The Morgan fingerprint density at radius 1 is 1.04 bits per heavy atom. The third-order valence-corrected chi connectivity index (χ3v) is 4.89. The van der Waals surface area contributed by atoms with Gasteiger partial charge in [0.25, 0.3) is 10.0 Å². The van der Waals surface area contributed by atoms with Crippen LogP contribution in [-0.2, 0) is 16.4 Å². The first kappa shape index (κ1) is 15.3. The van der Waals surface area contributed by atoms with Gasteiger partial charge in [0.05, 0.1) is 28.7 Å². The normalized spacial score (nSPS) is 11.3. The Hall–Kier alpha value is -2.60. The number of aromatic nitrogens is 2. The van der Waals surface area contributed by atoms with Crippen molar-refractivity contribution in [1.29, 1.82) is 0 Å². The number of hydrogen-bond donors (Lipinski definition) is 1. The van der Waals surface area contributed by atoms with Crippen molar-refractivity contribution in [2.45, 2.75) is 18.2 Å². The lowest BCUT2D eigenvalue weighted by atomic mass is 10.2. The molecule has 23 heavy (non-hydrogen) atoms. The molecule has 0 unspecified atom stereocenters. The summed E-state index contributed by atoms with van der Waals surface area (Å²) < 4.78 is 29.0. The Bertz CT molecular complexity index is 885. The molecule has 0 saturated carbocycles. The van der Waals surface area contributed by atoms with Crippen LogP contribution >= 0.6 is 0 Å². The van der Waals surface area contributed by atoms with Crippen molar-refractivity contribution in [2.75, 3.05) is 4.72 Å². The van der Waals surface area contributed by atoms with Crippen LogP contribution in [0.3, 0.4) is 0 Å². The fraction of sp³-hybridized carbons (Fsp3) is 0.118. The number of nitrogens with zero attached hydrogens (tertiary/aromatic N) is 2. The molecule has 0 saturated heterocycles. The first-order valence-corrected chi connectivity index (χ1v) is 8.78. The van der Waals surface area contributed by atoms with Crippen LogP contribution in [0.25, 0.3) is 5.69 Å². The Morgan fingerprint density at radius 3 is 2.39 bits per heavy atom. The maximum Gasteiger partial charge on any atom is 0.261 e. The minimum absolute atomic E-state index is 0.238. The largest absolute Gasteiger partial charge is 0.276 e. The molecule has 5 nitrogen and oxygen atoms in total. The number of para-hydroxylation sites is 1. The van der Waals surface area contributed by atoms with Crippen LogP contribution in [0.1, 0.15) is 12.5 Å². The maximum atomic E-state index is 12.4. The van der Waals surface area contributed by atoms with E-state index < -0.39 is 10.0 Å². The Labute approximate surface area is 135 Å². The molecule has 0 aliphatic rings. The minimum atomic E-state index is -3.61. The van der Waals surface area contributed by atoms with Gasteiger partial charge in [0.15, 0.2) is 0 Å². The second-order valence-electron chi connectivity index (χ2n) is 5.11. The average molecular weight is 327 g/mol. The molecule has 1 heterocycles. The van der Waals surface area contributed by atoms with E-state index in [2.05, 4.69) is 9.82 Å². The smallest absolute Gasteiger partial charge is 0.261 e. The van der Waals surface area contributed by atoms with E-state index in [0.29, 0.717) is 5.69 Å². The van der Waals surface area contributed by atoms with Gasteiger partial charge in [-0.05, 0) is 36.2 Å². The minimum Gasteiger partial charge on any atom is -0.276 e. The third-order valence-electron chi connectivity index (χ3n) is 3.50. The van der Waals surface area contributed by atoms with Crippen LogP contribution in [0.15, 0.2) is 71.9 Å². The van der Waals surface area contributed by atoms with Gasteiger partial charge in [-0.15, -0.1) is 0 Å². The van der Waals surface area contributed by atoms with E-state index in [4.69, 9.17) is 0 Å². The maximum absolute atomic E-state index is 12.4. The molecule has 118 valence electrons. The van der Waals surface area contributed by atoms with E-state index in [-0.39, 0.29) is 4.90 Å². The van der Waals surface area contributed by atoms with Gasteiger partial charge < -0.3 is 0 Å². The molecule has 3 aromatic rings. The first-order chi connectivity index (χ1) is 11.1.